The molecular weight excluding hydrogens is 244 g/mol. The number of ketones is 1. The number of para-hydroxylation sites is 1. The van der Waals surface area contributed by atoms with Crippen molar-refractivity contribution >= 4 is 21.7 Å². The number of hydrogen-bond acceptors (Lipinski definition) is 2. The number of halogens is 1. The molecule has 14 heavy (non-hydrogen) atoms. The van der Waals surface area contributed by atoms with E-state index in [1.54, 1.807) is 0 Å². The third-order valence-corrected chi connectivity index (χ3v) is 2.88. The van der Waals surface area contributed by atoms with Gasteiger partial charge in [0, 0.05) is 5.33 Å². The molecule has 0 saturated heterocycles. The van der Waals surface area contributed by atoms with Crippen molar-refractivity contribution in [3.63, 3.8) is 0 Å². The van der Waals surface area contributed by atoms with E-state index in [0.29, 0.717) is 6.61 Å². The number of benzene rings is 1. The molecule has 0 spiro atoms. The number of fused-ring (bicyclic) bond motifs is 1. The van der Waals surface area contributed by atoms with E-state index in [4.69, 9.17) is 4.74 Å². The van der Waals surface area contributed by atoms with Crippen molar-refractivity contribution in [1.29, 1.82) is 0 Å². The minimum Gasteiger partial charge on any atom is -0.492 e. The Balaban J connectivity index is 2.27. The second-order valence-electron chi connectivity index (χ2n) is 3.35. The van der Waals surface area contributed by atoms with Crippen LogP contribution < -0.4 is 4.74 Å². The predicted molar refractivity (Wildman–Crippen MR) is 58.2 cm³/mol. The van der Waals surface area contributed by atoms with Crippen LogP contribution in [-0.2, 0) is 0 Å². The number of carbonyl (C=O) groups is 1. The summed E-state index contributed by atoms with van der Waals surface area (Å²) in [6.07, 6.45) is 0.840. The molecule has 1 aromatic carbocycles. The summed E-state index contributed by atoms with van der Waals surface area (Å²) in [5.74, 6) is 0.957. The molecule has 1 heterocycles. The molecular formula is C11H11BrO2. The average Bonchev–Trinajstić information content (AvgIpc) is 2.23. The van der Waals surface area contributed by atoms with E-state index in [1.807, 2.05) is 24.3 Å². The van der Waals surface area contributed by atoms with Crippen molar-refractivity contribution in [1.82, 2.24) is 0 Å². The van der Waals surface area contributed by atoms with Gasteiger partial charge >= 0.3 is 0 Å². The molecule has 3 heteroatoms. The standard InChI is InChI=1S/C11H11BrO2/c12-6-5-8-7-14-10-4-2-1-3-9(10)11(8)13/h1-4,8H,5-7H2/t8-/m0/s1. The highest BCUT2D eigenvalue weighted by Crippen LogP contribution is 2.28. The molecule has 1 aromatic rings. The fraction of sp³-hybridized carbons (Fsp3) is 0.364. The maximum Gasteiger partial charge on any atom is 0.173 e. The van der Waals surface area contributed by atoms with Gasteiger partial charge in [-0.25, -0.2) is 0 Å². The average molecular weight is 255 g/mol. The molecule has 0 bridgehead atoms. The van der Waals surface area contributed by atoms with E-state index in [2.05, 4.69) is 15.9 Å². The van der Waals surface area contributed by atoms with Crippen LogP contribution in [0.25, 0.3) is 0 Å². The lowest BCUT2D eigenvalue weighted by molar-refractivity contribution is 0.0828. The topological polar surface area (TPSA) is 26.3 Å². The van der Waals surface area contributed by atoms with Crippen LogP contribution in [0.15, 0.2) is 24.3 Å². The van der Waals surface area contributed by atoms with Crippen LogP contribution in [-0.4, -0.2) is 17.7 Å². The maximum atomic E-state index is 11.9. The highest BCUT2D eigenvalue weighted by Gasteiger charge is 2.27. The number of rotatable bonds is 2. The Morgan fingerprint density at radius 2 is 2.21 bits per heavy atom. The molecule has 1 aliphatic rings. The third kappa shape index (κ3) is 1.69. The summed E-state index contributed by atoms with van der Waals surface area (Å²) in [6.45, 7) is 0.515. The highest BCUT2D eigenvalue weighted by atomic mass is 79.9. The summed E-state index contributed by atoms with van der Waals surface area (Å²) in [7, 11) is 0. The van der Waals surface area contributed by atoms with Gasteiger partial charge in [-0.05, 0) is 18.6 Å². The zero-order valence-corrected chi connectivity index (χ0v) is 9.29. The van der Waals surface area contributed by atoms with Gasteiger partial charge in [0.25, 0.3) is 0 Å². The maximum absolute atomic E-state index is 11.9. The van der Waals surface area contributed by atoms with E-state index < -0.39 is 0 Å². The van der Waals surface area contributed by atoms with Gasteiger partial charge in [0.1, 0.15) is 5.75 Å². The molecule has 0 aliphatic carbocycles. The molecule has 1 atom stereocenters. The molecule has 2 nitrogen and oxygen atoms in total. The Labute approximate surface area is 91.4 Å². The number of ether oxygens (including phenoxy) is 1. The third-order valence-electron chi connectivity index (χ3n) is 2.42. The Morgan fingerprint density at radius 3 is 3.00 bits per heavy atom. The van der Waals surface area contributed by atoms with Gasteiger partial charge in [0.15, 0.2) is 5.78 Å². The van der Waals surface area contributed by atoms with Gasteiger partial charge in [-0.15, -0.1) is 0 Å². The van der Waals surface area contributed by atoms with Crippen molar-refractivity contribution in [2.75, 3.05) is 11.9 Å². The van der Waals surface area contributed by atoms with E-state index in [0.717, 1.165) is 23.1 Å². The molecule has 2 rings (SSSR count). The van der Waals surface area contributed by atoms with Gasteiger partial charge in [-0.2, -0.15) is 0 Å². The summed E-state index contributed by atoms with van der Waals surface area (Å²) >= 11 is 3.34. The van der Waals surface area contributed by atoms with Crippen molar-refractivity contribution in [2.24, 2.45) is 5.92 Å². The first-order chi connectivity index (χ1) is 6.83. The second kappa shape index (κ2) is 4.13. The lowest BCUT2D eigenvalue weighted by Crippen LogP contribution is -2.27. The second-order valence-corrected chi connectivity index (χ2v) is 4.14. The first-order valence-electron chi connectivity index (χ1n) is 4.65. The molecule has 0 amide bonds. The van der Waals surface area contributed by atoms with Crippen molar-refractivity contribution < 1.29 is 9.53 Å². The molecule has 0 radical (unpaired) electrons. The van der Waals surface area contributed by atoms with E-state index in [1.165, 1.54) is 0 Å². The van der Waals surface area contributed by atoms with Crippen LogP contribution >= 0.6 is 15.9 Å². The molecule has 1 aliphatic heterocycles. The van der Waals surface area contributed by atoms with Gasteiger partial charge < -0.3 is 4.74 Å². The summed E-state index contributed by atoms with van der Waals surface area (Å²) < 4.78 is 5.52. The van der Waals surface area contributed by atoms with Crippen LogP contribution in [0, 0.1) is 5.92 Å². The van der Waals surface area contributed by atoms with Gasteiger partial charge in [0.05, 0.1) is 18.1 Å². The lowest BCUT2D eigenvalue weighted by Gasteiger charge is -2.23. The van der Waals surface area contributed by atoms with Crippen LogP contribution in [0.1, 0.15) is 16.8 Å². The van der Waals surface area contributed by atoms with Crippen molar-refractivity contribution in [3.8, 4) is 5.75 Å². The van der Waals surface area contributed by atoms with Crippen LogP contribution in [0.4, 0.5) is 0 Å². The predicted octanol–water partition coefficient (Wildman–Crippen LogP) is 2.66. The monoisotopic (exact) mass is 254 g/mol. The number of alkyl halides is 1. The van der Waals surface area contributed by atoms with Crippen LogP contribution in [0.5, 0.6) is 5.75 Å². The zero-order chi connectivity index (χ0) is 9.97. The normalized spacial score (nSPS) is 20.1. The zero-order valence-electron chi connectivity index (χ0n) is 7.70. The number of hydrogen-bond donors (Lipinski definition) is 0. The van der Waals surface area contributed by atoms with E-state index >= 15 is 0 Å². The summed E-state index contributed by atoms with van der Waals surface area (Å²) in [4.78, 5) is 11.9. The minimum absolute atomic E-state index is 0.0178. The summed E-state index contributed by atoms with van der Waals surface area (Å²) in [6, 6.07) is 7.43. The quantitative estimate of drug-likeness (QED) is 0.759. The SMILES string of the molecule is O=C1c2ccccc2OC[C@@H]1CCBr. The van der Waals surface area contributed by atoms with Crippen molar-refractivity contribution in [2.45, 2.75) is 6.42 Å². The Kier molecular flexibility index (Phi) is 2.87. The summed E-state index contributed by atoms with van der Waals surface area (Å²) in [5, 5.41) is 0.842. The first kappa shape index (κ1) is 9.71. The van der Waals surface area contributed by atoms with Gasteiger partial charge in [-0.3, -0.25) is 4.79 Å². The smallest absolute Gasteiger partial charge is 0.173 e. The van der Waals surface area contributed by atoms with E-state index in [9.17, 15) is 4.79 Å². The van der Waals surface area contributed by atoms with Crippen LogP contribution in [0.3, 0.4) is 0 Å². The molecule has 74 valence electrons. The molecule has 0 unspecified atom stereocenters. The van der Waals surface area contributed by atoms with E-state index in [-0.39, 0.29) is 11.7 Å². The van der Waals surface area contributed by atoms with Gasteiger partial charge in [-0.1, -0.05) is 28.1 Å². The Hall–Kier alpha value is -0.830. The first-order valence-corrected chi connectivity index (χ1v) is 5.77. The minimum atomic E-state index is 0.0178. The lowest BCUT2D eigenvalue weighted by atomic mass is 9.93. The fourth-order valence-electron chi connectivity index (χ4n) is 1.63. The Bertz CT molecular complexity index is 349. The fourth-order valence-corrected chi connectivity index (χ4v) is 2.18. The van der Waals surface area contributed by atoms with Crippen LogP contribution in [0.2, 0.25) is 0 Å². The largest absolute Gasteiger partial charge is 0.492 e. The Morgan fingerprint density at radius 1 is 1.43 bits per heavy atom. The molecule has 0 aromatic heterocycles. The van der Waals surface area contributed by atoms with Gasteiger partial charge in [0.2, 0.25) is 0 Å². The number of Topliss-reactive ketones (excluding diaryl/α,β-unsaturated/α-hetero) is 1. The van der Waals surface area contributed by atoms with Crippen molar-refractivity contribution in [3.05, 3.63) is 29.8 Å². The molecule has 0 N–H and O–H groups in total. The number of carbonyl (C=O) groups excluding carboxylic acids is 1. The highest BCUT2D eigenvalue weighted by molar-refractivity contribution is 9.09. The molecule has 0 fully saturated rings. The molecule has 0 saturated carbocycles. The summed E-state index contributed by atoms with van der Waals surface area (Å²) in [5.41, 5.74) is 0.727.